The Morgan fingerprint density at radius 2 is 2.25 bits per heavy atom. The predicted molar refractivity (Wildman–Crippen MR) is 48.5 cm³/mol. The molecule has 1 heterocycles. The first-order chi connectivity index (χ1) is 5.70. The van der Waals surface area contributed by atoms with Gasteiger partial charge in [-0.15, -0.1) is 11.3 Å². The van der Waals surface area contributed by atoms with Crippen LogP contribution in [-0.2, 0) is 0 Å². The van der Waals surface area contributed by atoms with Crippen molar-refractivity contribution in [2.45, 2.75) is 0 Å². The van der Waals surface area contributed by atoms with Gasteiger partial charge in [-0.25, -0.2) is 4.39 Å². The maximum Gasteiger partial charge on any atom is 0.147 e. The van der Waals surface area contributed by atoms with Crippen LogP contribution in [0.5, 0.6) is 5.75 Å². The molecule has 1 nitrogen and oxygen atoms in total. The Bertz CT molecular complexity index is 438. The molecule has 0 spiro atoms. The van der Waals surface area contributed by atoms with Crippen LogP contribution in [0.3, 0.4) is 0 Å². The average molecular weight is 203 g/mol. The molecule has 2 rings (SSSR count). The van der Waals surface area contributed by atoms with Crippen LogP contribution < -0.4 is 0 Å². The molecule has 1 aromatic carbocycles. The molecule has 0 amide bonds. The molecule has 1 N–H and O–H groups in total. The van der Waals surface area contributed by atoms with E-state index in [-0.39, 0.29) is 10.8 Å². The second kappa shape index (κ2) is 2.61. The number of rotatable bonds is 0. The second-order valence-corrected chi connectivity index (χ2v) is 3.68. The molecule has 0 bridgehead atoms. The lowest BCUT2D eigenvalue weighted by molar-refractivity contribution is 0.476. The molecule has 0 radical (unpaired) electrons. The Morgan fingerprint density at radius 1 is 1.50 bits per heavy atom. The number of phenolic OH excluding ortho intramolecular Hbond substituents is 1. The molecule has 4 heteroatoms. The quantitative estimate of drug-likeness (QED) is 0.694. The number of hydrogen-bond acceptors (Lipinski definition) is 2. The summed E-state index contributed by atoms with van der Waals surface area (Å²) in [6.45, 7) is 0. The van der Waals surface area contributed by atoms with Gasteiger partial charge in [0.1, 0.15) is 16.6 Å². The third kappa shape index (κ3) is 0.974. The Balaban J connectivity index is 2.94. The van der Waals surface area contributed by atoms with Gasteiger partial charge in [-0.3, -0.25) is 0 Å². The van der Waals surface area contributed by atoms with Crippen LogP contribution in [0.25, 0.3) is 10.1 Å². The van der Waals surface area contributed by atoms with Crippen molar-refractivity contribution in [2.24, 2.45) is 0 Å². The van der Waals surface area contributed by atoms with E-state index in [4.69, 9.17) is 11.6 Å². The van der Waals surface area contributed by atoms with Gasteiger partial charge < -0.3 is 5.11 Å². The first kappa shape index (κ1) is 7.83. The van der Waals surface area contributed by atoms with Crippen LogP contribution >= 0.6 is 22.9 Å². The molecule has 0 saturated carbocycles. The number of benzene rings is 1. The van der Waals surface area contributed by atoms with Crippen LogP contribution in [0.4, 0.5) is 4.39 Å². The number of fused-ring (bicyclic) bond motifs is 1. The first-order valence-corrected chi connectivity index (χ1v) is 4.50. The van der Waals surface area contributed by atoms with Crippen molar-refractivity contribution in [1.82, 2.24) is 0 Å². The van der Waals surface area contributed by atoms with Crippen LogP contribution in [0, 0.1) is 5.82 Å². The Kier molecular flexibility index (Phi) is 1.70. The van der Waals surface area contributed by atoms with Crippen molar-refractivity contribution >= 4 is 33.0 Å². The van der Waals surface area contributed by atoms with E-state index in [1.54, 1.807) is 11.4 Å². The SMILES string of the molecule is Oc1c(Cl)c(F)cc2sccc12. The maximum absolute atomic E-state index is 12.9. The minimum atomic E-state index is -0.580. The van der Waals surface area contributed by atoms with E-state index < -0.39 is 5.82 Å². The molecule has 0 aliphatic carbocycles. The van der Waals surface area contributed by atoms with Crippen molar-refractivity contribution in [3.05, 3.63) is 28.4 Å². The predicted octanol–water partition coefficient (Wildman–Crippen LogP) is 3.40. The topological polar surface area (TPSA) is 20.2 Å². The van der Waals surface area contributed by atoms with Crippen molar-refractivity contribution < 1.29 is 9.50 Å². The van der Waals surface area contributed by atoms with Gasteiger partial charge in [0.25, 0.3) is 0 Å². The molecule has 0 saturated heterocycles. The van der Waals surface area contributed by atoms with Crippen molar-refractivity contribution in [1.29, 1.82) is 0 Å². The molecule has 0 aliphatic heterocycles. The van der Waals surface area contributed by atoms with E-state index in [9.17, 15) is 9.50 Å². The highest BCUT2D eigenvalue weighted by Gasteiger charge is 2.10. The van der Waals surface area contributed by atoms with E-state index >= 15 is 0 Å². The summed E-state index contributed by atoms with van der Waals surface area (Å²) in [5.74, 6) is -0.753. The summed E-state index contributed by atoms with van der Waals surface area (Å²) in [6, 6.07) is 3.03. The molecule has 0 atom stereocenters. The molecular weight excluding hydrogens is 199 g/mol. The zero-order valence-electron chi connectivity index (χ0n) is 5.84. The maximum atomic E-state index is 12.9. The van der Waals surface area contributed by atoms with Gasteiger partial charge in [0.05, 0.1) is 0 Å². The van der Waals surface area contributed by atoms with Crippen molar-refractivity contribution in [3.8, 4) is 5.75 Å². The van der Waals surface area contributed by atoms with E-state index in [2.05, 4.69) is 0 Å². The molecular formula is C8H4ClFOS. The van der Waals surface area contributed by atoms with E-state index in [0.717, 1.165) is 0 Å². The van der Waals surface area contributed by atoms with E-state index in [1.807, 2.05) is 0 Å². The molecule has 12 heavy (non-hydrogen) atoms. The monoisotopic (exact) mass is 202 g/mol. The third-order valence-corrected chi connectivity index (χ3v) is 2.85. The second-order valence-electron chi connectivity index (χ2n) is 2.35. The summed E-state index contributed by atoms with van der Waals surface area (Å²) in [5, 5.41) is 11.5. The van der Waals surface area contributed by atoms with E-state index in [1.165, 1.54) is 17.4 Å². The number of hydrogen-bond donors (Lipinski definition) is 1. The summed E-state index contributed by atoms with van der Waals surface area (Å²) in [6.07, 6.45) is 0. The van der Waals surface area contributed by atoms with Gasteiger partial charge in [0, 0.05) is 10.1 Å². The largest absolute Gasteiger partial charge is 0.506 e. The Labute approximate surface area is 77.0 Å². The number of thiophene rings is 1. The normalized spacial score (nSPS) is 10.8. The van der Waals surface area contributed by atoms with Crippen LogP contribution in [-0.4, -0.2) is 5.11 Å². The fourth-order valence-electron chi connectivity index (χ4n) is 1.04. The highest BCUT2D eigenvalue weighted by atomic mass is 35.5. The van der Waals surface area contributed by atoms with Crippen LogP contribution in [0.2, 0.25) is 5.02 Å². The first-order valence-electron chi connectivity index (χ1n) is 3.24. The number of aromatic hydroxyl groups is 1. The fraction of sp³-hybridized carbons (Fsp3) is 0. The van der Waals surface area contributed by atoms with Gasteiger partial charge in [-0.2, -0.15) is 0 Å². The highest BCUT2D eigenvalue weighted by molar-refractivity contribution is 7.17. The molecule has 62 valence electrons. The van der Waals surface area contributed by atoms with Crippen LogP contribution in [0.1, 0.15) is 0 Å². The lowest BCUT2D eigenvalue weighted by atomic mass is 10.2. The summed E-state index contributed by atoms with van der Waals surface area (Å²) >= 11 is 6.86. The molecule has 1 aromatic heterocycles. The van der Waals surface area contributed by atoms with Gasteiger partial charge >= 0.3 is 0 Å². The highest BCUT2D eigenvalue weighted by Crippen LogP contribution is 2.36. The smallest absolute Gasteiger partial charge is 0.147 e. The van der Waals surface area contributed by atoms with Crippen molar-refractivity contribution in [2.75, 3.05) is 0 Å². The summed E-state index contributed by atoms with van der Waals surface area (Å²) in [4.78, 5) is 0. The van der Waals surface area contributed by atoms with E-state index in [0.29, 0.717) is 10.1 Å². The molecule has 0 unspecified atom stereocenters. The van der Waals surface area contributed by atoms with Gasteiger partial charge in [-0.05, 0) is 17.5 Å². The average Bonchev–Trinajstić information content (AvgIpc) is 2.48. The summed E-state index contributed by atoms with van der Waals surface area (Å²) in [7, 11) is 0. The number of phenols is 1. The fourth-order valence-corrected chi connectivity index (χ4v) is 2.01. The zero-order valence-corrected chi connectivity index (χ0v) is 7.42. The minimum Gasteiger partial charge on any atom is -0.506 e. The van der Waals surface area contributed by atoms with Gasteiger partial charge in [0.2, 0.25) is 0 Å². The lowest BCUT2D eigenvalue weighted by Crippen LogP contribution is -1.77. The summed E-state index contributed by atoms with van der Waals surface area (Å²) < 4.78 is 13.6. The Morgan fingerprint density at radius 3 is 3.00 bits per heavy atom. The molecule has 0 aliphatic rings. The van der Waals surface area contributed by atoms with Gasteiger partial charge in [-0.1, -0.05) is 11.6 Å². The number of halogens is 2. The minimum absolute atomic E-state index is 0.173. The van der Waals surface area contributed by atoms with Crippen molar-refractivity contribution in [3.63, 3.8) is 0 Å². The molecule has 0 fully saturated rings. The summed E-state index contributed by atoms with van der Waals surface area (Å²) in [5.41, 5.74) is 0. The zero-order chi connectivity index (χ0) is 8.72. The standard InChI is InChI=1S/C8H4ClFOS/c9-7-5(10)3-6-4(8(7)11)1-2-12-6/h1-3,11H. The van der Waals surface area contributed by atoms with Gasteiger partial charge in [0.15, 0.2) is 0 Å². The molecule has 2 aromatic rings. The third-order valence-electron chi connectivity index (χ3n) is 1.63. The Hall–Kier alpha value is -0.800. The lowest BCUT2D eigenvalue weighted by Gasteiger charge is -1.98. The van der Waals surface area contributed by atoms with Crippen LogP contribution in [0.15, 0.2) is 17.5 Å².